The molecule has 108 valence electrons. The van der Waals surface area contributed by atoms with Gasteiger partial charge in [0.15, 0.2) is 0 Å². The Hall–Kier alpha value is -0.220. The van der Waals surface area contributed by atoms with E-state index in [1.807, 2.05) is 0 Å². The highest BCUT2D eigenvalue weighted by Gasteiger charge is 2.37. The van der Waals surface area contributed by atoms with Gasteiger partial charge in [-0.3, -0.25) is 4.79 Å². The van der Waals surface area contributed by atoms with Gasteiger partial charge in [-0.25, -0.2) is 0 Å². The van der Waals surface area contributed by atoms with E-state index >= 15 is 0 Å². The molecule has 19 heavy (non-hydrogen) atoms. The third-order valence-electron chi connectivity index (χ3n) is 5.21. The van der Waals surface area contributed by atoms with E-state index < -0.39 is 0 Å². The van der Waals surface area contributed by atoms with Gasteiger partial charge in [-0.2, -0.15) is 11.8 Å². The van der Waals surface area contributed by atoms with Crippen LogP contribution in [0.5, 0.6) is 0 Å². The van der Waals surface area contributed by atoms with Crippen LogP contribution >= 0.6 is 11.8 Å². The lowest BCUT2D eigenvalue weighted by Crippen LogP contribution is -2.52. The van der Waals surface area contributed by atoms with Crippen molar-refractivity contribution in [3.63, 3.8) is 0 Å². The average Bonchev–Trinajstić information content (AvgIpc) is 2.83. The summed E-state index contributed by atoms with van der Waals surface area (Å²) in [6.07, 6.45) is 9.36. The molecule has 4 heteroatoms. The van der Waals surface area contributed by atoms with Crippen molar-refractivity contribution in [2.75, 3.05) is 12.3 Å². The highest BCUT2D eigenvalue weighted by atomic mass is 32.2. The van der Waals surface area contributed by atoms with Crippen molar-refractivity contribution in [2.24, 2.45) is 11.7 Å². The second kappa shape index (κ2) is 6.04. The minimum Gasteiger partial charge on any atom is -0.338 e. The minimum absolute atomic E-state index is 0.269. The van der Waals surface area contributed by atoms with Crippen LogP contribution < -0.4 is 5.73 Å². The summed E-state index contributed by atoms with van der Waals surface area (Å²) in [5.74, 6) is 1.97. The Balaban J connectivity index is 1.61. The van der Waals surface area contributed by atoms with E-state index in [1.54, 1.807) is 0 Å². The molecule has 0 bridgehead atoms. The van der Waals surface area contributed by atoms with Crippen molar-refractivity contribution in [1.82, 2.24) is 4.90 Å². The van der Waals surface area contributed by atoms with Crippen LogP contribution in [0, 0.1) is 5.92 Å². The van der Waals surface area contributed by atoms with Gasteiger partial charge in [-0.05, 0) is 31.6 Å². The Morgan fingerprint density at radius 1 is 1.16 bits per heavy atom. The predicted molar refractivity (Wildman–Crippen MR) is 80.1 cm³/mol. The highest BCUT2D eigenvalue weighted by molar-refractivity contribution is 8.00. The number of thioether (sulfide) groups is 1. The first-order valence-corrected chi connectivity index (χ1v) is 8.97. The van der Waals surface area contributed by atoms with Gasteiger partial charge in [0.05, 0.1) is 0 Å². The minimum atomic E-state index is 0.269. The zero-order valence-corrected chi connectivity index (χ0v) is 12.5. The molecule has 2 unspecified atom stereocenters. The van der Waals surface area contributed by atoms with Gasteiger partial charge in [-0.15, -0.1) is 0 Å². The number of nitrogens with two attached hydrogens (primary N) is 1. The van der Waals surface area contributed by atoms with E-state index in [0.29, 0.717) is 29.5 Å². The number of hydrogen-bond donors (Lipinski definition) is 1. The molecule has 1 heterocycles. The van der Waals surface area contributed by atoms with Crippen LogP contribution in [0.2, 0.25) is 0 Å². The number of rotatable bonds is 2. The molecule has 2 saturated carbocycles. The van der Waals surface area contributed by atoms with Gasteiger partial charge in [0.1, 0.15) is 0 Å². The smallest absolute Gasteiger partial charge is 0.223 e. The van der Waals surface area contributed by atoms with Crippen LogP contribution in [0.1, 0.15) is 51.4 Å². The fourth-order valence-corrected chi connectivity index (χ4v) is 5.51. The summed E-state index contributed by atoms with van der Waals surface area (Å²) in [5.41, 5.74) is 6.11. The second-order valence-electron chi connectivity index (χ2n) is 6.41. The summed E-state index contributed by atoms with van der Waals surface area (Å²) in [4.78, 5) is 14.8. The topological polar surface area (TPSA) is 46.3 Å². The molecule has 1 amide bonds. The van der Waals surface area contributed by atoms with E-state index in [-0.39, 0.29) is 6.04 Å². The van der Waals surface area contributed by atoms with Gasteiger partial charge in [-0.1, -0.05) is 19.3 Å². The summed E-state index contributed by atoms with van der Waals surface area (Å²) in [6.45, 7) is 0.965. The Bertz CT molecular complexity index is 334. The number of nitrogens with zero attached hydrogens (tertiary/aromatic N) is 1. The van der Waals surface area contributed by atoms with Gasteiger partial charge in [0.2, 0.25) is 5.91 Å². The lowest BCUT2D eigenvalue weighted by molar-refractivity contribution is -0.135. The van der Waals surface area contributed by atoms with Crippen LogP contribution in [0.15, 0.2) is 0 Å². The normalized spacial score (nSPS) is 39.1. The van der Waals surface area contributed by atoms with Crippen LogP contribution in [0.4, 0.5) is 0 Å². The molecule has 3 aliphatic rings. The summed E-state index contributed by atoms with van der Waals surface area (Å²) in [6, 6.07) is 0.794. The molecule has 3 rings (SSSR count). The summed E-state index contributed by atoms with van der Waals surface area (Å²) < 4.78 is 0. The average molecular weight is 282 g/mol. The molecule has 0 aromatic carbocycles. The zero-order valence-electron chi connectivity index (χ0n) is 11.7. The maximum atomic E-state index is 12.6. The highest BCUT2D eigenvalue weighted by Crippen LogP contribution is 2.36. The number of carbonyl (C=O) groups excluding carboxylic acids is 1. The number of hydrogen-bond acceptors (Lipinski definition) is 3. The van der Waals surface area contributed by atoms with E-state index in [2.05, 4.69) is 16.7 Å². The Morgan fingerprint density at radius 3 is 2.79 bits per heavy atom. The largest absolute Gasteiger partial charge is 0.338 e. The number of carbonyl (C=O) groups is 1. The first-order valence-electron chi connectivity index (χ1n) is 7.92. The standard InChI is InChI=1S/C15H26N2OS/c16-12-5-3-4-11(12)10-15(18)17-8-9-19-14-7-2-1-6-13(14)17/h11-14H,1-10,16H2/t11-,12+,13?,14?/m0/s1. The van der Waals surface area contributed by atoms with Gasteiger partial charge < -0.3 is 10.6 Å². The van der Waals surface area contributed by atoms with Crippen molar-refractivity contribution in [1.29, 1.82) is 0 Å². The van der Waals surface area contributed by atoms with Gasteiger partial charge in [0, 0.05) is 36.1 Å². The quantitative estimate of drug-likeness (QED) is 0.846. The summed E-state index contributed by atoms with van der Waals surface area (Å²) in [5, 5.41) is 0.712. The molecule has 1 aliphatic heterocycles. The molecule has 2 N–H and O–H groups in total. The van der Waals surface area contributed by atoms with Crippen molar-refractivity contribution in [3.8, 4) is 0 Å². The zero-order chi connectivity index (χ0) is 13.2. The molecule has 1 saturated heterocycles. The van der Waals surface area contributed by atoms with Crippen molar-refractivity contribution in [2.45, 2.75) is 68.7 Å². The molecular weight excluding hydrogens is 256 g/mol. The molecule has 2 aliphatic carbocycles. The maximum absolute atomic E-state index is 12.6. The number of amides is 1. The van der Waals surface area contributed by atoms with Crippen LogP contribution in [0.3, 0.4) is 0 Å². The molecule has 0 radical (unpaired) electrons. The fraction of sp³-hybridized carbons (Fsp3) is 0.933. The Labute approximate surface area is 120 Å². The van der Waals surface area contributed by atoms with E-state index in [0.717, 1.165) is 25.1 Å². The molecule has 0 spiro atoms. The summed E-state index contributed by atoms with van der Waals surface area (Å²) >= 11 is 2.09. The third-order valence-corrected chi connectivity index (χ3v) is 6.60. The van der Waals surface area contributed by atoms with Crippen LogP contribution in [0.25, 0.3) is 0 Å². The van der Waals surface area contributed by atoms with Gasteiger partial charge >= 0.3 is 0 Å². The Kier molecular flexibility index (Phi) is 4.37. The SMILES string of the molecule is N[C@@H]1CCC[C@H]1CC(=O)N1CCSC2CCCCC21. The first kappa shape index (κ1) is 13.7. The summed E-state index contributed by atoms with van der Waals surface area (Å²) in [7, 11) is 0. The second-order valence-corrected chi connectivity index (χ2v) is 7.75. The fourth-order valence-electron chi connectivity index (χ4n) is 4.07. The van der Waals surface area contributed by atoms with E-state index in [1.165, 1.54) is 32.1 Å². The molecule has 0 aromatic heterocycles. The first-order chi connectivity index (χ1) is 9.25. The van der Waals surface area contributed by atoms with Crippen molar-refractivity contribution < 1.29 is 4.79 Å². The van der Waals surface area contributed by atoms with Gasteiger partial charge in [0.25, 0.3) is 0 Å². The molecule has 0 aromatic rings. The monoisotopic (exact) mass is 282 g/mol. The Morgan fingerprint density at radius 2 is 2.00 bits per heavy atom. The van der Waals surface area contributed by atoms with Crippen LogP contribution in [-0.2, 0) is 4.79 Å². The van der Waals surface area contributed by atoms with E-state index in [4.69, 9.17) is 5.73 Å². The van der Waals surface area contributed by atoms with Crippen molar-refractivity contribution >= 4 is 17.7 Å². The maximum Gasteiger partial charge on any atom is 0.223 e. The lowest BCUT2D eigenvalue weighted by Gasteiger charge is -2.44. The molecule has 3 nitrogen and oxygen atoms in total. The molecular formula is C15H26N2OS. The molecule has 3 fully saturated rings. The van der Waals surface area contributed by atoms with Crippen molar-refractivity contribution in [3.05, 3.63) is 0 Å². The number of fused-ring (bicyclic) bond motifs is 1. The third kappa shape index (κ3) is 2.94. The molecule has 4 atom stereocenters. The predicted octanol–water partition coefficient (Wildman–Crippen LogP) is 2.39. The van der Waals surface area contributed by atoms with E-state index in [9.17, 15) is 4.79 Å². The lowest BCUT2D eigenvalue weighted by atomic mass is 9.92. The van der Waals surface area contributed by atoms with Crippen LogP contribution in [-0.4, -0.2) is 40.4 Å².